The first-order valence-corrected chi connectivity index (χ1v) is 6.47. The molecule has 1 unspecified atom stereocenters. The average molecular weight is 276 g/mol. The fraction of sp³-hybridized carbons (Fsp3) is 0.267. The van der Waals surface area contributed by atoms with E-state index in [-0.39, 0.29) is 11.8 Å². The highest BCUT2D eigenvalue weighted by Crippen LogP contribution is 2.32. The number of nitrogens with one attached hydrogen (secondary N) is 1. The molecule has 0 radical (unpaired) electrons. The molecular formula is C15H14F2N2O. The Morgan fingerprint density at radius 2 is 2.00 bits per heavy atom. The number of ether oxygens (including phenoxy) is 1. The zero-order chi connectivity index (χ0) is 13.9. The van der Waals surface area contributed by atoms with E-state index in [2.05, 4.69) is 21.1 Å². The maximum atomic E-state index is 12.1. The monoisotopic (exact) mass is 276 g/mol. The quantitative estimate of drug-likeness (QED) is 0.922. The Kier molecular flexibility index (Phi) is 3.50. The zero-order valence-corrected chi connectivity index (χ0v) is 10.7. The van der Waals surface area contributed by atoms with Crippen LogP contribution in [-0.2, 0) is 6.42 Å². The van der Waals surface area contributed by atoms with Gasteiger partial charge in [-0.15, -0.1) is 0 Å². The number of aromatic nitrogens is 1. The summed E-state index contributed by atoms with van der Waals surface area (Å²) in [4.78, 5) is 4.41. The van der Waals surface area contributed by atoms with Crippen LogP contribution in [0.4, 0.5) is 14.5 Å². The molecule has 1 heterocycles. The van der Waals surface area contributed by atoms with Crippen molar-refractivity contribution in [2.24, 2.45) is 0 Å². The lowest BCUT2D eigenvalue weighted by atomic mass is 10.2. The number of hydrogen-bond donors (Lipinski definition) is 1. The van der Waals surface area contributed by atoms with E-state index in [1.807, 2.05) is 6.07 Å². The van der Waals surface area contributed by atoms with Crippen molar-refractivity contribution in [2.75, 3.05) is 5.32 Å². The number of halogens is 2. The van der Waals surface area contributed by atoms with Crippen LogP contribution in [0.5, 0.6) is 5.75 Å². The van der Waals surface area contributed by atoms with Crippen molar-refractivity contribution in [1.82, 2.24) is 4.98 Å². The van der Waals surface area contributed by atoms with Gasteiger partial charge in [-0.05, 0) is 48.7 Å². The predicted molar refractivity (Wildman–Crippen MR) is 72.0 cm³/mol. The highest BCUT2D eigenvalue weighted by atomic mass is 19.3. The first-order valence-electron chi connectivity index (χ1n) is 6.47. The van der Waals surface area contributed by atoms with Crippen LogP contribution in [0.2, 0.25) is 0 Å². The number of rotatable bonds is 4. The van der Waals surface area contributed by atoms with Gasteiger partial charge in [0.05, 0.1) is 11.7 Å². The Labute approximate surface area is 115 Å². The van der Waals surface area contributed by atoms with E-state index in [1.54, 1.807) is 18.3 Å². The van der Waals surface area contributed by atoms with Gasteiger partial charge in [-0.2, -0.15) is 8.78 Å². The second-order valence-electron chi connectivity index (χ2n) is 4.69. The van der Waals surface area contributed by atoms with Crippen LogP contribution < -0.4 is 10.1 Å². The predicted octanol–water partition coefficient (Wildman–Crippen LogP) is 3.78. The van der Waals surface area contributed by atoms with Crippen LogP contribution in [0.3, 0.4) is 0 Å². The number of benzene rings is 1. The second-order valence-corrected chi connectivity index (χ2v) is 4.69. The molecule has 0 saturated carbocycles. The van der Waals surface area contributed by atoms with E-state index in [9.17, 15) is 8.78 Å². The van der Waals surface area contributed by atoms with Crippen molar-refractivity contribution in [1.29, 1.82) is 0 Å². The standard InChI is InChI=1S/C15H14F2N2O/c16-15(17)20-12-6-4-11(5-7-12)19-13-8-3-10-2-1-9-18-14(10)13/h1-2,4-7,9,13,15,19H,3,8H2. The molecule has 0 amide bonds. The third kappa shape index (κ3) is 2.71. The van der Waals surface area contributed by atoms with Crippen LogP contribution in [0.15, 0.2) is 42.6 Å². The Balaban J connectivity index is 1.70. The third-order valence-electron chi connectivity index (χ3n) is 3.38. The molecule has 0 spiro atoms. The van der Waals surface area contributed by atoms with Crippen molar-refractivity contribution in [3.63, 3.8) is 0 Å². The minimum absolute atomic E-state index is 0.162. The van der Waals surface area contributed by atoms with Gasteiger partial charge >= 0.3 is 6.61 Å². The van der Waals surface area contributed by atoms with E-state index in [0.29, 0.717) is 0 Å². The van der Waals surface area contributed by atoms with Gasteiger partial charge in [0.2, 0.25) is 0 Å². The van der Waals surface area contributed by atoms with Crippen molar-refractivity contribution in [3.8, 4) is 5.75 Å². The average Bonchev–Trinajstić information content (AvgIpc) is 2.84. The van der Waals surface area contributed by atoms with Crippen LogP contribution >= 0.6 is 0 Å². The van der Waals surface area contributed by atoms with Crippen molar-refractivity contribution in [2.45, 2.75) is 25.5 Å². The largest absolute Gasteiger partial charge is 0.435 e. The number of pyridine rings is 1. The molecule has 1 atom stereocenters. The molecule has 3 nitrogen and oxygen atoms in total. The van der Waals surface area contributed by atoms with E-state index in [4.69, 9.17) is 0 Å². The lowest BCUT2D eigenvalue weighted by molar-refractivity contribution is -0.0498. The Morgan fingerprint density at radius 1 is 1.20 bits per heavy atom. The van der Waals surface area contributed by atoms with Gasteiger partial charge in [0.1, 0.15) is 5.75 Å². The normalized spacial score (nSPS) is 17.1. The SMILES string of the molecule is FC(F)Oc1ccc(NC2CCc3cccnc32)cc1. The fourth-order valence-electron chi connectivity index (χ4n) is 2.49. The van der Waals surface area contributed by atoms with Crippen LogP contribution in [0.1, 0.15) is 23.7 Å². The summed E-state index contributed by atoms with van der Waals surface area (Å²) in [6.45, 7) is -2.79. The lowest BCUT2D eigenvalue weighted by Gasteiger charge is -2.15. The Morgan fingerprint density at radius 3 is 2.75 bits per heavy atom. The molecule has 0 aliphatic heterocycles. The van der Waals surface area contributed by atoms with Gasteiger partial charge in [0.15, 0.2) is 0 Å². The second kappa shape index (κ2) is 5.45. The molecule has 1 aromatic heterocycles. The summed E-state index contributed by atoms with van der Waals surface area (Å²) in [5, 5.41) is 3.37. The van der Waals surface area contributed by atoms with Crippen molar-refractivity contribution < 1.29 is 13.5 Å². The van der Waals surface area contributed by atoms with E-state index in [1.165, 1.54) is 17.7 Å². The Bertz CT molecular complexity index is 587. The molecule has 1 aromatic carbocycles. The molecule has 1 N–H and O–H groups in total. The van der Waals surface area contributed by atoms with Crippen molar-refractivity contribution >= 4 is 5.69 Å². The molecular weight excluding hydrogens is 262 g/mol. The van der Waals surface area contributed by atoms with Crippen molar-refractivity contribution in [3.05, 3.63) is 53.9 Å². The molecule has 0 saturated heterocycles. The summed E-state index contributed by atoms with van der Waals surface area (Å²) in [5.74, 6) is 0.162. The number of aryl methyl sites for hydroxylation is 1. The molecule has 1 aliphatic carbocycles. The number of alkyl halides is 2. The number of nitrogens with zero attached hydrogens (tertiary/aromatic N) is 1. The Hall–Kier alpha value is -2.17. The number of fused-ring (bicyclic) bond motifs is 1. The topological polar surface area (TPSA) is 34.1 Å². The summed E-state index contributed by atoms with van der Waals surface area (Å²) in [7, 11) is 0. The highest BCUT2D eigenvalue weighted by molar-refractivity contribution is 5.49. The van der Waals surface area contributed by atoms with Crippen LogP contribution in [0, 0.1) is 0 Å². The summed E-state index contributed by atoms with van der Waals surface area (Å²) in [5.41, 5.74) is 3.21. The van der Waals surface area contributed by atoms with E-state index >= 15 is 0 Å². The number of hydrogen-bond acceptors (Lipinski definition) is 3. The van der Waals surface area contributed by atoms with Gasteiger partial charge in [-0.25, -0.2) is 0 Å². The first-order chi connectivity index (χ1) is 9.72. The fourth-order valence-corrected chi connectivity index (χ4v) is 2.49. The summed E-state index contributed by atoms with van der Waals surface area (Å²) < 4.78 is 28.5. The smallest absolute Gasteiger partial charge is 0.387 e. The first kappa shape index (κ1) is 12.8. The maximum Gasteiger partial charge on any atom is 0.387 e. The minimum atomic E-state index is -2.79. The van der Waals surface area contributed by atoms with Crippen LogP contribution in [-0.4, -0.2) is 11.6 Å². The minimum Gasteiger partial charge on any atom is -0.435 e. The third-order valence-corrected chi connectivity index (χ3v) is 3.38. The molecule has 0 bridgehead atoms. The maximum absolute atomic E-state index is 12.1. The molecule has 1 aliphatic rings. The molecule has 20 heavy (non-hydrogen) atoms. The molecule has 104 valence electrons. The molecule has 5 heteroatoms. The number of anilines is 1. The summed E-state index contributed by atoms with van der Waals surface area (Å²) in [6, 6.07) is 10.7. The van der Waals surface area contributed by atoms with E-state index in [0.717, 1.165) is 24.2 Å². The zero-order valence-electron chi connectivity index (χ0n) is 10.7. The van der Waals surface area contributed by atoms with Gasteiger partial charge < -0.3 is 10.1 Å². The molecule has 0 fully saturated rings. The van der Waals surface area contributed by atoms with Gasteiger partial charge in [0.25, 0.3) is 0 Å². The lowest BCUT2D eigenvalue weighted by Crippen LogP contribution is -2.08. The van der Waals surface area contributed by atoms with Gasteiger partial charge in [-0.1, -0.05) is 6.07 Å². The molecule has 2 aromatic rings. The van der Waals surface area contributed by atoms with Gasteiger partial charge in [-0.3, -0.25) is 4.98 Å². The summed E-state index contributed by atoms with van der Waals surface area (Å²) in [6.07, 6.45) is 3.79. The summed E-state index contributed by atoms with van der Waals surface area (Å²) >= 11 is 0. The van der Waals surface area contributed by atoms with Gasteiger partial charge in [0, 0.05) is 11.9 Å². The van der Waals surface area contributed by atoms with E-state index < -0.39 is 6.61 Å². The highest BCUT2D eigenvalue weighted by Gasteiger charge is 2.23. The molecule has 3 rings (SSSR count). The van der Waals surface area contributed by atoms with Crippen LogP contribution in [0.25, 0.3) is 0 Å².